The fourth-order valence-corrected chi connectivity index (χ4v) is 5.87. The summed E-state index contributed by atoms with van der Waals surface area (Å²) in [5.41, 5.74) is 1.46. The van der Waals surface area contributed by atoms with E-state index < -0.39 is 11.8 Å². The van der Waals surface area contributed by atoms with E-state index in [1.54, 1.807) is 12.4 Å². The van der Waals surface area contributed by atoms with E-state index in [-0.39, 0.29) is 24.2 Å². The molecule has 0 aromatic rings. The van der Waals surface area contributed by atoms with Gasteiger partial charge in [-0.05, 0) is 69.6 Å². The molecule has 7 heteroatoms. The highest BCUT2D eigenvalue weighted by Crippen LogP contribution is 2.60. The Bertz CT molecular complexity index is 503. The lowest BCUT2D eigenvalue weighted by molar-refractivity contribution is -0.148. The first kappa shape index (κ1) is 20.6. The summed E-state index contributed by atoms with van der Waals surface area (Å²) in [5, 5.41) is 12.0. The molecule has 0 aromatic carbocycles. The van der Waals surface area contributed by atoms with Crippen LogP contribution in [-0.4, -0.2) is 43.1 Å². The molecular weight excluding hydrogens is 348 g/mol. The van der Waals surface area contributed by atoms with Crippen molar-refractivity contribution < 1.29 is 24.3 Å². The molecule has 0 unspecified atom stereocenters. The molecule has 4 rings (SSSR count). The van der Waals surface area contributed by atoms with Crippen LogP contribution >= 0.6 is 0 Å². The summed E-state index contributed by atoms with van der Waals surface area (Å²) in [6.45, 7) is 4.65. The van der Waals surface area contributed by atoms with Crippen LogP contribution in [0.1, 0.15) is 58.8 Å². The van der Waals surface area contributed by atoms with Gasteiger partial charge in [0, 0.05) is 17.9 Å². The van der Waals surface area contributed by atoms with Crippen molar-refractivity contribution in [3.05, 3.63) is 0 Å². The summed E-state index contributed by atoms with van der Waals surface area (Å²) in [6, 6.07) is -0.279. The molecule has 0 spiro atoms. The van der Waals surface area contributed by atoms with Crippen LogP contribution in [-0.2, 0) is 19.1 Å². The monoisotopic (exact) mass is 382 g/mol. The summed E-state index contributed by atoms with van der Waals surface area (Å²) in [7, 11) is 0. The Hall–Kier alpha value is -1.18. The van der Waals surface area contributed by atoms with Gasteiger partial charge in [0.05, 0.1) is 12.6 Å². The van der Waals surface area contributed by atoms with E-state index in [0.29, 0.717) is 37.4 Å². The molecule has 2 amide bonds. The predicted molar refractivity (Wildman–Crippen MR) is 98.7 cm³/mol. The van der Waals surface area contributed by atoms with Crippen LogP contribution in [0, 0.1) is 29.1 Å². The highest BCUT2D eigenvalue weighted by atomic mass is 16.7. The average molecular weight is 383 g/mol. The van der Waals surface area contributed by atoms with Gasteiger partial charge in [0.2, 0.25) is 11.8 Å². The van der Waals surface area contributed by atoms with Gasteiger partial charge >= 0.3 is 0 Å². The van der Waals surface area contributed by atoms with E-state index in [4.69, 9.17) is 14.7 Å². The van der Waals surface area contributed by atoms with Gasteiger partial charge < -0.3 is 14.8 Å². The third kappa shape index (κ3) is 4.81. The van der Waals surface area contributed by atoms with E-state index in [1.165, 1.54) is 19.3 Å². The van der Waals surface area contributed by atoms with Crippen molar-refractivity contribution in [3.8, 4) is 0 Å². The highest BCUT2D eigenvalue weighted by molar-refractivity contribution is 5.83. The van der Waals surface area contributed by atoms with Gasteiger partial charge in [-0.25, -0.2) is 5.48 Å². The normalized spacial score (nSPS) is 33.5. The van der Waals surface area contributed by atoms with Crippen molar-refractivity contribution in [1.29, 1.82) is 0 Å². The first-order valence-corrected chi connectivity index (χ1v) is 10.4. The minimum Gasteiger partial charge on any atom is -0.356 e. The van der Waals surface area contributed by atoms with E-state index in [9.17, 15) is 9.59 Å². The fourth-order valence-electron chi connectivity index (χ4n) is 5.87. The molecule has 7 nitrogen and oxygen atoms in total. The van der Waals surface area contributed by atoms with Crippen LogP contribution in [0.3, 0.4) is 0 Å². The topological polar surface area (TPSA) is 96.9 Å². The van der Waals surface area contributed by atoms with E-state index in [1.807, 2.05) is 6.92 Å². The molecular formula is C20H34N2O5. The Morgan fingerprint density at radius 3 is 2.22 bits per heavy atom. The van der Waals surface area contributed by atoms with Crippen molar-refractivity contribution >= 4 is 11.8 Å². The molecule has 0 saturated heterocycles. The van der Waals surface area contributed by atoms with Crippen molar-refractivity contribution in [2.75, 3.05) is 20.0 Å². The second-order valence-electron chi connectivity index (χ2n) is 8.96. The van der Waals surface area contributed by atoms with E-state index >= 15 is 0 Å². The number of hydrogen-bond acceptors (Lipinski definition) is 5. The number of nitrogens with one attached hydrogen (secondary N) is 2. The van der Waals surface area contributed by atoms with E-state index in [2.05, 4.69) is 5.32 Å². The molecule has 0 radical (unpaired) electrons. The van der Waals surface area contributed by atoms with Gasteiger partial charge in [-0.2, -0.15) is 0 Å². The molecule has 154 valence electrons. The lowest BCUT2D eigenvalue weighted by Crippen LogP contribution is -2.56. The molecule has 0 aliphatic heterocycles. The summed E-state index contributed by atoms with van der Waals surface area (Å²) < 4.78 is 10.7. The maximum Gasteiger partial charge on any atom is 0.246 e. The van der Waals surface area contributed by atoms with Gasteiger partial charge in [-0.15, -0.1) is 0 Å². The third-order valence-electron chi connectivity index (χ3n) is 6.74. The molecule has 0 heterocycles. The van der Waals surface area contributed by atoms with Gasteiger partial charge in [0.25, 0.3) is 0 Å². The van der Waals surface area contributed by atoms with Crippen molar-refractivity contribution in [1.82, 2.24) is 10.8 Å². The van der Waals surface area contributed by atoms with Crippen LogP contribution in [0.25, 0.3) is 0 Å². The largest absolute Gasteiger partial charge is 0.356 e. The summed E-state index contributed by atoms with van der Waals surface area (Å²) in [4.78, 5) is 25.0. The zero-order chi connectivity index (χ0) is 19.4. The number of carbonyl (C=O) groups is 2. The molecule has 4 bridgehead atoms. The molecule has 3 N–H and O–H groups in total. The number of hydroxylamine groups is 1. The number of amides is 2. The molecule has 4 fully saturated rings. The molecule has 27 heavy (non-hydrogen) atoms. The SMILES string of the molecule is CCOCOC[C@H](C[C@H](C)C(=O)NO)NC(=O)C12CC3CC(CC(C3)C1)C2. The smallest absolute Gasteiger partial charge is 0.246 e. The van der Waals surface area contributed by atoms with Crippen LogP contribution in [0.4, 0.5) is 0 Å². The van der Waals surface area contributed by atoms with Crippen LogP contribution in [0.2, 0.25) is 0 Å². The van der Waals surface area contributed by atoms with Gasteiger partial charge in [-0.1, -0.05) is 6.92 Å². The first-order valence-electron chi connectivity index (χ1n) is 10.4. The highest BCUT2D eigenvalue weighted by Gasteiger charge is 2.54. The zero-order valence-corrected chi connectivity index (χ0v) is 16.5. The molecule has 2 atom stereocenters. The summed E-state index contributed by atoms with van der Waals surface area (Å²) in [6.07, 6.45) is 7.30. The number of ether oxygens (including phenoxy) is 2. The van der Waals surface area contributed by atoms with Crippen LogP contribution < -0.4 is 10.8 Å². The fraction of sp³-hybridized carbons (Fsp3) is 0.900. The maximum atomic E-state index is 13.3. The quantitative estimate of drug-likeness (QED) is 0.233. The lowest BCUT2D eigenvalue weighted by atomic mass is 9.49. The average Bonchev–Trinajstić information content (AvgIpc) is 2.63. The van der Waals surface area contributed by atoms with Gasteiger partial charge in [-0.3, -0.25) is 14.8 Å². The number of hydrogen-bond donors (Lipinski definition) is 3. The first-order chi connectivity index (χ1) is 13.0. The minimum absolute atomic E-state index is 0.128. The Morgan fingerprint density at radius 1 is 1.11 bits per heavy atom. The second-order valence-corrected chi connectivity index (χ2v) is 8.96. The van der Waals surface area contributed by atoms with E-state index in [0.717, 1.165) is 19.3 Å². The summed E-state index contributed by atoms with van der Waals surface area (Å²) in [5.74, 6) is 1.36. The zero-order valence-electron chi connectivity index (χ0n) is 16.5. The van der Waals surface area contributed by atoms with Crippen molar-refractivity contribution in [2.24, 2.45) is 29.1 Å². The second kappa shape index (κ2) is 8.88. The van der Waals surface area contributed by atoms with Crippen molar-refractivity contribution in [2.45, 2.75) is 64.8 Å². The Kier molecular flexibility index (Phi) is 6.76. The minimum atomic E-state index is -0.450. The maximum absolute atomic E-state index is 13.3. The molecule has 4 saturated carbocycles. The lowest BCUT2D eigenvalue weighted by Gasteiger charge is -2.55. The van der Waals surface area contributed by atoms with Crippen molar-refractivity contribution in [3.63, 3.8) is 0 Å². The van der Waals surface area contributed by atoms with Gasteiger partial charge in [0.15, 0.2) is 0 Å². The predicted octanol–water partition coefficient (Wildman–Crippen LogP) is 2.23. The van der Waals surface area contributed by atoms with Crippen LogP contribution in [0.5, 0.6) is 0 Å². The Balaban J connectivity index is 1.61. The Morgan fingerprint density at radius 2 is 1.70 bits per heavy atom. The number of carbonyl (C=O) groups excluding carboxylic acids is 2. The third-order valence-corrected chi connectivity index (χ3v) is 6.74. The standard InChI is InChI=1S/C20H34N2O5/c1-3-26-12-27-11-17(4-13(2)18(23)22-25)21-19(24)20-8-14-5-15(9-20)7-16(6-14)10-20/h13-17,25H,3-12H2,1-2H3,(H,21,24)(H,22,23)/t13-,14?,15?,16?,17-,20?/m0/s1. The Labute approximate surface area is 161 Å². The molecule has 4 aliphatic rings. The van der Waals surface area contributed by atoms with Gasteiger partial charge in [0.1, 0.15) is 6.79 Å². The van der Waals surface area contributed by atoms with Crippen LogP contribution in [0.15, 0.2) is 0 Å². The molecule has 4 aliphatic carbocycles. The molecule has 0 aromatic heterocycles. The summed E-state index contributed by atoms with van der Waals surface area (Å²) >= 11 is 0. The number of rotatable bonds is 10.